The Bertz CT molecular complexity index is 972. The summed E-state index contributed by atoms with van der Waals surface area (Å²) in [7, 11) is 0. The molecule has 1 aliphatic rings. The van der Waals surface area contributed by atoms with Gasteiger partial charge in [-0.25, -0.2) is 4.98 Å². The Morgan fingerprint density at radius 1 is 1.18 bits per heavy atom. The zero-order valence-corrected chi connectivity index (χ0v) is 15.3. The molecule has 1 atom stereocenters. The Morgan fingerprint density at radius 2 is 2.04 bits per heavy atom. The van der Waals surface area contributed by atoms with Gasteiger partial charge in [0.1, 0.15) is 17.5 Å². The molecule has 2 aromatic heterocycles. The fraction of sp³-hybridized carbons (Fsp3) is 0.190. The Morgan fingerprint density at radius 3 is 2.82 bits per heavy atom. The SMILES string of the molecule is Nc1ccc(-c2ccccc2)nc1C(=O)Nc1cnccc1OC1CCNC1. The number of hydrogen-bond acceptors (Lipinski definition) is 6. The van der Waals surface area contributed by atoms with Gasteiger partial charge in [0.15, 0.2) is 5.69 Å². The molecule has 0 radical (unpaired) electrons. The number of carbonyl (C=O) groups is 1. The van der Waals surface area contributed by atoms with Crippen LogP contribution in [0.25, 0.3) is 11.3 Å². The number of nitrogen functional groups attached to an aromatic ring is 1. The molecule has 4 rings (SSSR count). The third kappa shape index (κ3) is 3.94. The van der Waals surface area contributed by atoms with Crippen LogP contribution in [0.5, 0.6) is 5.75 Å². The summed E-state index contributed by atoms with van der Waals surface area (Å²) in [5.41, 5.74) is 8.57. The quantitative estimate of drug-likeness (QED) is 0.634. The number of aromatic nitrogens is 2. The number of pyridine rings is 2. The Kier molecular flexibility index (Phi) is 5.16. The molecule has 1 aliphatic heterocycles. The second-order valence-corrected chi connectivity index (χ2v) is 6.56. The third-order valence-corrected chi connectivity index (χ3v) is 4.55. The summed E-state index contributed by atoms with van der Waals surface area (Å²) in [5.74, 6) is 0.174. The van der Waals surface area contributed by atoms with E-state index in [2.05, 4.69) is 20.6 Å². The van der Waals surface area contributed by atoms with Crippen molar-refractivity contribution in [1.82, 2.24) is 15.3 Å². The van der Waals surface area contributed by atoms with Crippen molar-refractivity contribution in [3.05, 3.63) is 66.6 Å². The van der Waals surface area contributed by atoms with Gasteiger partial charge in [-0.1, -0.05) is 30.3 Å². The first-order chi connectivity index (χ1) is 13.7. The maximum absolute atomic E-state index is 12.9. The van der Waals surface area contributed by atoms with Gasteiger partial charge in [-0.2, -0.15) is 0 Å². The summed E-state index contributed by atoms with van der Waals surface area (Å²) >= 11 is 0. The van der Waals surface area contributed by atoms with Crippen molar-refractivity contribution in [2.75, 3.05) is 24.1 Å². The molecule has 0 spiro atoms. The standard InChI is InChI=1S/C21H21N5O2/c22-16-6-7-17(14-4-2-1-3-5-14)25-20(16)21(27)26-18-13-24-11-9-19(18)28-15-8-10-23-12-15/h1-7,9,11,13,15,23H,8,10,12,22H2,(H,26,27). The fourth-order valence-corrected chi connectivity index (χ4v) is 3.09. The zero-order chi connectivity index (χ0) is 19.3. The van der Waals surface area contributed by atoms with Crippen molar-refractivity contribution in [2.45, 2.75) is 12.5 Å². The van der Waals surface area contributed by atoms with Crippen LogP contribution in [0.2, 0.25) is 0 Å². The number of ether oxygens (including phenoxy) is 1. The van der Waals surface area contributed by atoms with Crippen molar-refractivity contribution >= 4 is 17.3 Å². The average Bonchev–Trinajstić information content (AvgIpc) is 3.23. The molecule has 0 saturated carbocycles. The van der Waals surface area contributed by atoms with Crippen LogP contribution in [0.3, 0.4) is 0 Å². The van der Waals surface area contributed by atoms with E-state index in [-0.39, 0.29) is 11.8 Å². The van der Waals surface area contributed by atoms with Gasteiger partial charge in [0, 0.05) is 24.4 Å². The first-order valence-corrected chi connectivity index (χ1v) is 9.15. The van der Waals surface area contributed by atoms with E-state index in [1.807, 2.05) is 30.3 Å². The highest BCUT2D eigenvalue weighted by molar-refractivity contribution is 6.07. The molecular formula is C21H21N5O2. The molecular weight excluding hydrogens is 354 g/mol. The van der Waals surface area contributed by atoms with Gasteiger partial charge in [-0.15, -0.1) is 0 Å². The summed E-state index contributed by atoms with van der Waals surface area (Å²) in [6.45, 7) is 1.70. The van der Waals surface area contributed by atoms with E-state index >= 15 is 0 Å². The highest BCUT2D eigenvalue weighted by atomic mass is 16.5. The minimum atomic E-state index is -0.405. The maximum atomic E-state index is 12.9. The minimum Gasteiger partial charge on any atom is -0.487 e. The molecule has 1 saturated heterocycles. The van der Waals surface area contributed by atoms with Gasteiger partial charge in [-0.3, -0.25) is 9.78 Å². The maximum Gasteiger partial charge on any atom is 0.276 e. The van der Waals surface area contributed by atoms with E-state index in [0.717, 1.165) is 25.1 Å². The molecule has 1 amide bonds. The van der Waals surface area contributed by atoms with Crippen LogP contribution in [0.1, 0.15) is 16.9 Å². The Labute approximate surface area is 163 Å². The Balaban J connectivity index is 1.57. The van der Waals surface area contributed by atoms with E-state index in [0.29, 0.717) is 22.8 Å². The monoisotopic (exact) mass is 375 g/mol. The van der Waals surface area contributed by atoms with E-state index in [4.69, 9.17) is 10.5 Å². The predicted molar refractivity (Wildman–Crippen MR) is 108 cm³/mol. The van der Waals surface area contributed by atoms with Gasteiger partial charge in [-0.05, 0) is 25.1 Å². The van der Waals surface area contributed by atoms with Crippen molar-refractivity contribution in [2.24, 2.45) is 0 Å². The summed E-state index contributed by atoms with van der Waals surface area (Å²) in [4.78, 5) is 21.4. The summed E-state index contributed by atoms with van der Waals surface area (Å²) in [5, 5.41) is 6.08. The molecule has 0 aliphatic carbocycles. The van der Waals surface area contributed by atoms with Gasteiger partial charge < -0.3 is 21.1 Å². The summed E-state index contributed by atoms with van der Waals surface area (Å²) in [6.07, 6.45) is 4.19. The lowest BCUT2D eigenvalue weighted by atomic mass is 10.1. The van der Waals surface area contributed by atoms with Crippen LogP contribution < -0.4 is 21.1 Å². The van der Waals surface area contributed by atoms with Crippen molar-refractivity contribution in [1.29, 1.82) is 0 Å². The molecule has 7 heteroatoms. The summed E-state index contributed by atoms with van der Waals surface area (Å²) in [6, 6.07) is 14.9. The number of anilines is 2. The average molecular weight is 375 g/mol. The lowest BCUT2D eigenvalue weighted by Gasteiger charge is -2.16. The van der Waals surface area contributed by atoms with Crippen LogP contribution in [0.4, 0.5) is 11.4 Å². The molecule has 3 aromatic rings. The van der Waals surface area contributed by atoms with Crippen LogP contribution in [0.15, 0.2) is 60.9 Å². The van der Waals surface area contributed by atoms with Crippen LogP contribution in [0, 0.1) is 0 Å². The van der Waals surface area contributed by atoms with Gasteiger partial charge in [0.05, 0.1) is 17.6 Å². The molecule has 1 unspecified atom stereocenters. The van der Waals surface area contributed by atoms with E-state index < -0.39 is 5.91 Å². The Hall–Kier alpha value is -3.45. The van der Waals surface area contributed by atoms with E-state index in [9.17, 15) is 4.79 Å². The topological polar surface area (TPSA) is 102 Å². The second-order valence-electron chi connectivity index (χ2n) is 6.56. The molecule has 28 heavy (non-hydrogen) atoms. The molecule has 7 nitrogen and oxygen atoms in total. The lowest BCUT2D eigenvalue weighted by Crippen LogP contribution is -2.21. The van der Waals surface area contributed by atoms with Gasteiger partial charge in [0.2, 0.25) is 0 Å². The van der Waals surface area contributed by atoms with Crippen LogP contribution in [-0.2, 0) is 0 Å². The molecule has 1 aromatic carbocycles. The zero-order valence-electron chi connectivity index (χ0n) is 15.3. The molecule has 142 valence electrons. The number of nitrogens with zero attached hydrogens (tertiary/aromatic N) is 2. The lowest BCUT2D eigenvalue weighted by molar-refractivity contribution is 0.102. The van der Waals surface area contributed by atoms with Gasteiger partial charge in [0.25, 0.3) is 5.91 Å². The number of rotatable bonds is 5. The number of carbonyl (C=O) groups excluding carboxylic acids is 1. The third-order valence-electron chi connectivity index (χ3n) is 4.55. The van der Waals surface area contributed by atoms with E-state index in [1.165, 1.54) is 0 Å². The predicted octanol–water partition coefficient (Wildman–Crippen LogP) is 2.72. The highest BCUT2D eigenvalue weighted by Crippen LogP contribution is 2.26. The number of hydrogen-bond donors (Lipinski definition) is 3. The largest absolute Gasteiger partial charge is 0.487 e. The van der Waals surface area contributed by atoms with E-state index in [1.54, 1.807) is 30.6 Å². The second kappa shape index (κ2) is 8.06. The van der Waals surface area contributed by atoms with Gasteiger partial charge >= 0.3 is 0 Å². The smallest absolute Gasteiger partial charge is 0.276 e. The minimum absolute atomic E-state index is 0.0719. The first-order valence-electron chi connectivity index (χ1n) is 9.15. The van der Waals surface area contributed by atoms with Crippen LogP contribution >= 0.6 is 0 Å². The molecule has 0 bridgehead atoms. The fourth-order valence-electron chi connectivity index (χ4n) is 3.09. The molecule has 4 N–H and O–H groups in total. The number of nitrogens with two attached hydrogens (primary N) is 1. The van der Waals surface area contributed by atoms with Crippen molar-refractivity contribution in [3.8, 4) is 17.0 Å². The van der Waals surface area contributed by atoms with Crippen molar-refractivity contribution in [3.63, 3.8) is 0 Å². The molecule has 3 heterocycles. The number of amides is 1. The number of nitrogens with one attached hydrogen (secondary N) is 2. The highest BCUT2D eigenvalue weighted by Gasteiger charge is 2.20. The molecule has 1 fully saturated rings. The van der Waals surface area contributed by atoms with Crippen LogP contribution in [-0.4, -0.2) is 35.1 Å². The normalized spacial score (nSPS) is 15.9. The first kappa shape index (κ1) is 17.9. The number of benzene rings is 1. The van der Waals surface area contributed by atoms with Crippen molar-refractivity contribution < 1.29 is 9.53 Å². The summed E-state index contributed by atoms with van der Waals surface area (Å²) < 4.78 is 6.00.